The van der Waals surface area contributed by atoms with Crippen LogP contribution in [-0.2, 0) is 21.6 Å². The predicted octanol–water partition coefficient (Wildman–Crippen LogP) is 3.85. The molecule has 1 aliphatic rings. The first-order chi connectivity index (χ1) is 15.9. The summed E-state index contributed by atoms with van der Waals surface area (Å²) >= 11 is 1.12. The van der Waals surface area contributed by atoms with E-state index < -0.39 is 17.5 Å². The lowest BCUT2D eigenvalue weighted by molar-refractivity contribution is -0.140. The average molecular weight is 464 g/mol. The van der Waals surface area contributed by atoms with E-state index in [2.05, 4.69) is 31.5 Å². The highest BCUT2D eigenvalue weighted by Gasteiger charge is 2.56. The summed E-state index contributed by atoms with van der Waals surface area (Å²) in [7, 11) is 0. The molecule has 10 nitrogen and oxygen atoms in total. The Bertz CT molecular complexity index is 1400. The zero-order valence-corrected chi connectivity index (χ0v) is 18.1. The van der Waals surface area contributed by atoms with Crippen molar-refractivity contribution >= 4 is 40.7 Å². The van der Waals surface area contributed by atoms with Crippen LogP contribution in [0, 0.1) is 18.8 Å². The standard InChI is InChI=1S/C22H16N4O6S/c1-12-4-2-3-5-13(12)10-30-21(29)23-15-11-33-26-14(15)6-7-16-24-17-18(31-16)25-19(32-17)22(8-9-22)20(27)28/h2-5,11H,8-10H2,1H3,(H,23,29)(H,27,28). The van der Waals surface area contributed by atoms with Gasteiger partial charge in [-0.1, -0.05) is 24.3 Å². The van der Waals surface area contributed by atoms with Gasteiger partial charge in [-0.15, -0.1) is 0 Å². The summed E-state index contributed by atoms with van der Waals surface area (Å²) in [6.07, 6.45) is 0.301. The number of aryl methyl sites for hydroxylation is 1. The predicted molar refractivity (Wildman–Crippen MR) is 116 cm³/mol. The number of carbonyl (C=O) groups is 2. The van der Waals surface area contributed by atoms with Gasteiger partial charge in [0.05, 0.1) is 5.69 Å². The molecule has 166 valence electrons. The Balaban J connectivity index is 1.26. The van der Waals surface area contributed by atoms with E-state index in [1.54, 1.807) is 5.38 Å². The molecule has 0 aliphatic heterocycles. The summed E-state index contributed by atoms with van der Waals surface area (Å²) in [5, 5.41) is 13.6. The summed E-state index contributed by atoms with van der Waals surface area (Å²) in [5.74, 6) is 4.63. The van der Waals surface area contributed by atoms with Gasteiger partial charge in [-0.2, -0.15) is 14.3 Å². The molecule has 33 heavy (non-hydrogen) atoms. The highest BCUT2D eigenvalue weighted by atomic mass is 32.1. The number of aromatic nitrogens is 3. The topological polar surface area (TPSA) is 141 Å². The molecule has 2 N–H and O–H groups in total. The lowest BCUT2D eigenvalue weighted by Gasteiger charge is -2.07. The minimum atomic E-state index is -1.08. The maximum atomic E-state index is 12.2. The lowest BCUT2D eigenvalue weighted by Crippen LogP contribution is -2.19. The number of nitrogens with zero attached hydrogens (tertiary/aromatic N) is 3. The van der Waals surface area contributed by atoms with Gasteiger partial charge in [0, 0.05) is 11.3 Å². The Morgan fingerprint density at radius 1 is 1.21 bits per heavy atom. The number of fused-ring (bicyclic) bond motifs is 1. The number of oxazole rings is 2. The fourth-order valence-electron chi connectivity index (χ4n) is 3.13. The Hall–Kier alpha value is -4.17. The second-order valence-electron chi connectivity index (χ2n) is 7.49. The molecule has 0 spiro atoms. The highest BCUT2D eigenvalue weighted by Crippen LogP contribution is 2.48. The molecule has 3 aromatic heterocycles. The van der Waals surface area contributed by atoms with Crippen molar-refractivity contribution < 1.29 is 28.3 Å². The van der Waals surface area contributed by atoms with Gasteiger partial charge < -0.3 is 18.7 Å². The molecule has 11 heteroatoms. The van der Waals surface area contributed by atoms with Gasteiger partial charge in [0.25, 0.3) is 17.3 Å². The maximum Gasteiger partial charge on any atom is 0.412 e. The normalized spacial score (nSPS) is 13.8. The van der Waals surface area contributed by atoms with E-state index >= 15 is 0 Å². The molecule has 3 heterocycles. The molecule has 1 amide bonds. The van der Waals surface area contributed by atoms with E-state index in [1.165, 1.54) is 0 Å². The smallest absolute Gasteiger partial charge is 0.412 e. The summed E-state index contributed by atoms with van der Waals surface area (Å²) in [6, 6.07) is 7.63. The van der Waals surface area contributed by atoms with Crippen LogP contribution in [0.3, 0.4) is 0 Å². The SMILES string of the molecule is Cc1ccccc1COC(=O)Nc1csnc1C#Cc1nc2oc(C3(C(=O)O)CC3)nc2o1. The number of amides is 1. The molecule has 0 saturated heterocycles. The van der Waals surface area contributed by atoms with Gasteiger partial charge in [0.2, 0.25) is 5.89 Å². The van der Waals surface area contributed by atoms with Crippen LogP contribution in [0.2, 0.25) is 0 Å². The number of hydrogen-bond donors (Lipinski definition) is 2. The number of rotatable bonds is 5. The third kappa shape index (κ3) is 4.04. The zero-order valence-electron chi connectivity index (χ0n) is 17.2. The second-order valence-corrected chi connectivity index (χ2v) is 8.12. The summed E-state index contributed by atoms with van der Waals surface area (Å²) in [5.41, 5.74) is 1.75. The first kappa shape index (κ1) is 20.7. The quantitative estimate of drug-likeness (QED) is 0.421. The third-order valence-corrected chi connectivity index (χ3v) is 5.89. The molecule has 4 aromatic rings. The van der Waals surface area contributed by atoms with Crippen molar-refractivity contribution in [2.45, 2.75) is 31.8 Å². The van der Waals surface area contributed by atoms with Crippen molar-refractivity contribution in [3.63, 3.8) is 0 Å². The van der Waals surface area contributed by atoms with E-state index in [1.807, 2.05) is 31.2 Å². The number of carboxylic acid groups (broad SMARTS) is 1. The van der Waals surface area contributed by atoms with Crippen molar-refractivity contribution in [3.8, 4) is 11.8 Å². The van der Waals surface area contributed by atoms with Gasteiger partial charge in [-0.3, -0.25) is 10.1 Å². The van der Waals surface area contributed by atoms with E-state index in [4.69, 9.17) is 13.6 Å². The Labute approximate surface area is 190 Å². The summed E-state index contributed by atoms with van der Waals surface area (Å²) in [4.78, 5) is 31.8. The van der Waals surface area contributed by atoms with Crippen molar-refractivity contribution in [2.24, 2.45) is 0 Å². The number of hydrogen-bond acceptors (Lipinski definition) is 9. The Morgan fingerprint density at radius 3 is 2.73 bits per heavy atom. The van der Waals surface area contributed by atoms with Gasteiger partial charge >= 0.3 is 12.1 Å². The summed E-state index contributed by atoms with van der Waals surface area (Å²) < 4.78 is 20.4. The van der Waals surface area contributed by atoms with Crippen LogP contribution in [0.1, 0.15) is 41.4 Å². The van der Waals surface area contributed by atoms with Crippen LogP contribution in [0.15, 0.2) is 38.5 Å². The van der Waals surface area contributed by atoms with Crippen molar-refractivity contribution in [2.75, 3.05) is 5.32 Å². The van der Waals surface area contributed by atoms with Crippen molar-refractivity contribution in [1.29, 1.82) is 0 Å². The number of nitrogens with one attached hydrogen (secondary N) is 1. The molecule has 1 saturated carbocycles. The van der Waals surface area contributed by atoms with Crippen LogP contribution < -0.4 is 5.32 Å². The molecule has 1 aliphatic carbocycles. The number of benzene rings is 1. The largest absolute Gasteiger partial charge is 0.480 e. The van der Waals surface area contributed by atoms with E-state index in [0.29, 0.717) is 24.2 Å². The zero-order chi connectivity index (χ0) is 23.0. The number of carboxylic acids is 1. The van der Waals surface area contributed by atoms with Crippen molar-refractivity contribution in [3.05, 3.63) is 58.2 Å². The number of anilines is 1. The van der Waals surface area contributed by atoms with E-state index in [-0.39, 0.29) is 29.8 Å². The molecule has 0 bridgehead atoms. The first-order valence-electron chi connectivity index (χ1n) is 9.90. The molecule has 0 unspecified atom stereocenters. The highest BCUT2D eigenvalue weighted by molar-refractivity contribution is 7.04. The molecule has 1 fully saturated rings. The van der Waals surface area contributed by atoms with Gasteiger partial charge in [0.15, 0.2) is 5.69 Å². The fraction of sp³-hybridized carbons (Fsp3) is 0.227. The minimum Gasteiger partial charge on any atom is -0.480 e. The molecular formula is C22H16N4O6S. The molecule has 5 rings (SSSR count). The second kappa shape index (κ2) is 8.07. The fourth-order valence-corrected chi connectivity index (χ4v) is 3.71. The van der Waals surface area contributed by atoms with E-state index in [0.717, 1.165) is 22.7 Å². The van der Waals surface area contributed by atoms with Crippen LogP contribution in [0.25, 0.3) is 11.4 Å². The average Bonchev–Trinajstić information content (AvgIpc) is 3.11. The third-order valence-electron chi connectivity index (χ3n) is 5.26. The number of carbonyl (C=O) groups excluding carboxylic acids is 1. The van der Waals surface area contributed by atoms with Gasteiger partial charge in [-0.05, 0) is 48.3 Å². The lowest BCUT2D eigenvalue weighted by atomic mass is 10.1. The van der Waals surface area contributed by atoms with Crippen LogP contribution in [-0.4, -0.2) is 31.5 Å². The van der Waals surface area contributed by atoms with Crippen molar-refractivity contribution in [1.82, 2.24) is 14.3 Å². The Kier molecular flexibility index (Phi) is 5.07. The molecule has 0 atom stereocenters. The van der Waals surface area contributed by atoms with Gasteiger partial charge in [-0.25, -0.2) is 4.79 Å². The number of ether oxygens (including phenoxy) is 1. The maximum absolute atomic E-state index is 12.2. The first-order valence-corrected chi connectivity index (χ1v) is 10.7. The van der Waals surface area contributed by atoms with Crippen LogP contribution in [0.5, 0.6) is 0 Å². The van der Waals surface area contributed by atoms with Crippen LogP contribution >= 0.6 is 11.5 Å². The van der Waals surface area contributed by atoms with Gasteiger partial charge in [0.1, 0.15) is 12.0 Å². The monoisotopic (exact) mass is 464 g/mol. The Morgan fingerprint density at radius 2 is 2.00 bits per heavy atom. The van der Waals surface area contributed by atoms with Crippen LogP contribution in [0.4, 0.5) is 10.5 Å². The molecular weight excluding hydrogens is 448 g/mol. The molecule has 1 aromatic carbocycles. The minimum absolute atomic E-state index is 0.0315. The number of aliphatic carboxylic acids is 1. The molecule has 0 radical (unpaired) electrons. The summed E-state index contributed by atoms with van der Waals surface area (Å²) in [6.45, 7) is 2.09. The van der Waals surface area contributed by atoms with E-state index in [9.17, 15) is 14.7 Å².